The van der Waals surface area contributed by atoms with E-state index in [4.69, 9.17) is 4.12 Å². The molecule has 228 valence electrons. The van der Waals surface area contributed by atoms with E-state index in [2.05, 4.69) is 125 Å². The van der Waals surface area contributed by atoms with Gasteiger partial charge >= 0.3 is 0 Å². The van der Waals surface area contributed by atoms with Gasteiger partial charge in [0.05, 0.1) is 0 Å². The van der Waals surface area contributed by atoms with Crippen molar-refractivity contribution in [2.75, 3.05) is 0 Å². The highest BCUT2D eigenvalue weighted by Crippen LogP contribution is 2.14. The van der Waals surface area contributed by atoms with Crippen molar-refractivity contribution >= 4 is 38.8 Å². The lowest BCUT2D eigenvalue weighted by molar-refractivity contribution is 0.630. The molecule has 0 fully saturated rings. The molecule has 4 aromatic carbocycles. The maximum atomic E-state index is 7.96. The van der Waals surface area contributed by atoms with Crippen molar-refractivity contribution in [3.8, 4) is 0 Å². The second-order valence-corrected chi connectivity index (χ2v) is 17.2. The number of hydrogen-bond donors (Lipinski definition) is 0. The Morgan fingerprint density at radius 3 is 0.837 bits per heavy atom. The third-order valence-corrected chi connectivity index (χ3v) is 15.5. The van der Waals surface area contributed by atoms with E-state index < -0.39 is 18.1 Å². The van der Waals surface area contributed by atoms with Crippen molar-refractivity contribution in [3.05, 3.63) is 119 Å². The number of rotatable bonds is 18. The van der Waals surface area contributed by atoms with E-state index in [1.807, 2.05) is 0 Å². The zero-order chi connectivity index (χ0) is 30.3. The van der Waals surface area contributed by atoms with Gasteiger partial charge in [-0.2, -0.15) is 0 Å². The van der Waals surface area contributed by atoms with Crippen LogP contribution in [-0.4, -0.2) is 18.1 Å². The van der Waals surface area contributed by atoms with E-state index in [1.165, 1.54) is 94.4 Å². The zero-order valence-corrected chi connectivity index (χ0v) is 29.6. The highest BCUT2D eigenvalue weighted by Gasteiger charge is 2.31. The van der Waals surface area contributed by atoms with E-state index in [-0.39, 0.29) is 0 Å². The number of aryl methyl sites for hydroxylation is 4. The lowest BCUT2D eigenvalue weighted by atomic mass is 10.1. The minimum absolute atomic E-state index is 1.13. The second kappa shape index (κ2) is 18.2. The normalized spacial score (nSPS) is 11.5. The molecule has 0 radical (unpaired) electrons. The Morgan fingerprint density at radius 2 is 0.605 bits per heavy atom. The average Bonchev–Trinajstić information content (AvgIpc) is 3.06. The molecule has 4 aromatic rings. The Balaban J connectivity index is 1.92. The zero-order valence-electron chi connectivity index (χ0n) is 27.3. The van der Waals surface area contributed by atoms with E-state index in [0.717, 1.165) is 25.7 Å². The van der Waals surface area contributed by atoms with Gasteiger partial charge in [0, 0.05) is 0 Å². The summed E-state index contributed by atoms with van der Waals surface area (Å²) >= 11 is 0. The summed E-state index contributed by atoms with van der Waals surface area (Å²) in [7, 11) is -4.09. The molecule has 3 heteroatoms. The Kier molecular flexibility index (Phi) is 14.0. The summed E-state index contributed by atoms with van der Waals surface area (Å²) in [6.45, 7) is 9.21. The van der Waals surface area contributed by atoms with Crippen molar-refractivity contribution in [2.45, 2.75) is 105 Å². The summed E-state index contributed by atoms with van der Waals surface area (Å²) in [6.07, 6.45) is 14.2. The van der Waals surface area contributed by atoms with Crippen molar-refractivity contribution in [2.24, 2.45) is 0 Å². The molecule has 0 spiro atoms. The van der Waals surface area contributed by atoms with E-state index in [1.54, 1.807) is 0 Å². The largest absolute Gasteiger partial charge is 0.446 e. The second-order valence-electron chi connectivity index (χ2n) is 12.1. The lowest BCUT2D eigenvalue weighted by Gasteiger charge is -2.30. The van der Waals surface area contributed by atoms with Crippen LogP contribution >= 0.6 is 0 Å². The summed E-state index contributed by atoms with van der Waals surface area (Å²) in [5, 5.41) is 5.98. The topological polar surface area (TPSA) is 9.23 Å². The van der Waals surface area contributed by atoms with Crippen LogP contribution in [0.25, 0.3) is 0 Å². The fraction of sp³-hybridized carbons (Fsp3) is 0.400. The van der Waals surface area contributed by atoms with Gasteiger partial charge < -0.3 is 4.12 Å². The molecule has 0 aliphatic rings. The SMILES string of the molecule is CCCCc1ccccc1[SiH](O[SiH](c1ccccc1CCCC)c1ccccc1CCCC)c1ccccc1CCCC. The first-order chi connectivity index (χ1) is 21.2. The van der Waals surface area contributed by atoms with Crippen LogP contribution in [0.5, 0.6) is 0 Å². The van der Waals surface area contributed by atoms with Crippen LogP contribution in [0.3, 0.4) is 0 Å². The molecule has 0 saturated carbocycles. The fourth-order valence-corrected chi connectivity index (χ4v) is 13.9. The molecule has 0 aliphatic heterocycles. The Labute approximate surface area is 266 Å². The van der Waals surface area contributed by atoms with E-state index >= 15 is 0 Å². The highest BCUT2D eigenvalue weighted by molar-refractivity contribution is 6.92. The number of hydrogen-bond acceptors (Lipinski definition) is 1. The Hall–Kier alpha value is -2.73. The Bertz CT molecular complexity index is 1170. The van der Waals surface area contributed by atoms with E-state index in [9.17, 15) is 0 Å². The molecular formula is C40H54OSi2. The third kappa shape index (κ3) is 9.14. The van der Waals surface area contributed by atoms with Gasteiger partial charge in [0.1, 0.15) is 0 Å². The van der Waals surface area contributed by atoms with Crippen LogP contribution in [0.15, 0.2) is 97.1 Å². The molecule has 1 nitrogen and oxygen atoms in total. The van der Waals surface area contributed by atoms with Gasteiger partial charge in [0.15, 0.2) is 0 Å². The molecule has 0 N–H and O–H groups in total. The van der Waals surface area contributed by atoms with Crippen LogP contribution in [-0.2, 0) is 29.8 Å². The first-order valence-corrected chi connectivity index (χ1v) is 20.4. The first-order valence-electron chi connectivity index (χ1n) is 17.2. The van der Waals surface area contributed by atoms with Gasteiger partial charge in [-0.1, -0.05) is 150 Å². The molecule has 0 saturated heterocycles. The molecule has 0 heterocycles. The molecule has 0 atom stereocenters. The maximum Gasteiger partial charge on any atom is 0.229 e. The minimum Gasteiger partial charge on any atom is -0.446 e. The molecule has 0 bridgehead atoms. The average molecular weight is 607 g/mol. The smallest absolute Gasteiger partial charge is 0.229 e. The van der Waals surface area contributed by atoms with Gasteiger partial charge in [-0.15, -0.1) is 0 Å². The highest BCUT2D eigenvalue weighted by atomic mass is 28.4. The first kappa shape index (κ1) is 33.2. The summed E-state index contributed by atoms with van der Waals surface area (Å²) in [4.78, 5) is 0. The van der Waals surface area contributed by atoms with Crippen LogP contribution in [0.4, 0.5) is 0 Å². The molecule has 4 rings (SSSR count). The molecule has 0 aliphatic carbocycles. The summed E-state index contributed by atoms with van der Waals surface area (Å²) in [6, 6.07) is 37.1. The van der Waals surface area contributed by atoms with Crippen LogP contribution in [0.1, 0.15) is 101 Å². The number of benzene rings is 4. The molecule has 0 aromatic heterocycles. The van der Waals surface area contributed by atoms with Crippen LogP contribution in [0.2, 0.25) is 0 Å². The fourth-order valence-electron chi connectivity index (χ4n) is 6.30. The summed E-state index contributed by atoms with van der Waals surface area (Å²) < 4.78 is 7.96. The molecule has 0 unspecified atom stereocenters. The van der Waals surface area contributed by atoms with Gasteiger partial charge in [0.2, 0.25) is 18.1 Å². The van der Waals surface area contributed by atoms with Crippen molar-refractivity contribution in [3.63, 3.8) is 0 Å². The van der Waals surface area contributed by atoms with Gasteiger partial charge in [0.25, 0.3) is 0 Å². The van der Waals surface area contributed by atoms with Gasteiger partial charge in [-0.05, 0) is 94.4 Å². The van der Waals surface area contributed by atoms with E-state index in [0.29, 0.717) is 0 Å². The predicted molar refractivity (Wildman–Crippen MR) is 194 cm³/mol. The number of unbranched alkanes of at least 4 members (excludes halogenated alkanes) is 4. The molecule has 0 amide bonds. The summed E-state index contributed by atoms with van der Waals surface area (Å²) in [5.41, 5.74) is 5.99. The predicted octanol–water partition coefficient (Wildman–Crippen LogP) is 7.45. The standard InChI is InChI=1S/C40H54OSi2/c1-5-9-21-33-25-13-17-29-37(33)42(38-30-18-14-26-34(38)22-10-6-2)41-43(39-31-19-15-27-35(39)23-11-7-3)40-32-20-16-28-36(40)24-12-8-4/h13-20,25-32,42-43H,5-12,21-24H2,1-4H3. The van der Waals surface area contributed by atoms with Crippen molar-refractivity contribution < 1.29 is 4.12 Å². The lowest BCUT2D eigenvalue weighted by Crippen LogP contribution is -2.58. The summed E-state index contributed by atoms with van der Waals surface area (Å²) in [5.74, 6) is 0. The van der Waals surface area contributed by atoms with Crippen molar-refractivity contribution in [1.82, 2.24) is 0 Å². The maximum absolute atomic E-state index is 7.96. The van der Waals surface area contributed by atoms with Gasteiger partial charge in [-0.3, -0.25) is 0 Å². The quantitative estimate of drug-likeness (QED) is 0.107. The van der Waals surface area contributed by atoms with Crippen molar-refractivity contribution in [1.29, 1.82) is 0 Å². The monoisotopic (exact) mass is 606 g/mol. The van der Waals surface area contributed by atoms with Gasteiger partial charge in [-0.25, -0.2) is 0 Å². The third-order valence-electron chi connectivity index (χ3n) is 8.82. The van der Waals surface area contributed by atoms with Crippen LogP contribution < -0.4 is 20.7 Å². The Morgan fingerprint density at radius 1 is 0.372 bits per heavy atom. The van der Waals surface area contributed by atoms with Crippen LogP contribution in [0, 0.1) is 0 Å². The molecular weight excluding hydrogens is 553 g/mol. The minimum atomic E-state index is -2.05. The molecule has 43 heavy (non-hydrogen) atoms.